The first-order chi connectivity index (χ1) is 14.2. The second-order valence-electron chi connectivity index (χ2n) is 8.94. The molecule has 1 unspecified atom stereocenters. The lowest BCUT2D eigenvalue weighted by Gasteiger charge is -2.41. The molecule has 2 aliphatic rings. The van der Waals surface area contributed by atoms with E-state index in [4.69, 9.17) is 14.6 Å². The molecular weight excluding hydrogens is 419 g/mol. The molecule has 4 N–H and O–H groups in total. The smallest absolute Gasteiger partial charge is 0.475 e. The van der Waals surface area contributed by atoms with Crippen LogP contribution in [0.15, 0.2) is 12.2 Å². The highest BCUT2D eigenvalue weighted by atomic mass is 19.4. The zero-order chi connectivity index (χ0) is 23.9. The SMILES string of the molecule is C[C@@H]1CNC(=O)C(C(C)(C)C)COC/C=C\CC2(CNC2)C(=O)N1.O=C(O)C(F)(F)F. The molecule has 0 aromatic heterocycles. The van der Waals surface area contributed by atoms with Crippen molar-refractivity contribution >= 4 is 17.8 Å². The summed E-state index contributed by atoms with van der Waals surface area (Å²) < 4.78 is 37.4. The highest BCUT2D eigenvalue weighted by Gasteiger charge is 2.43. The summed E-state index contributed by atoms with van der Waals surface area (Å²) in [5, 5.41) is 16.3. The predicted octanol–water partition coefficient (Wildman–Crippen LogP) is 1.47. The fourth-order valence-electron chi connectivity index (χ4n) is 2.98. The van der Waals surface area contributed by atoms with Gasteiger partial charge in [0.05, 0.1) is 24.5 Å². The number of hydrogen-bond acceptors (Lipinski definition) is 5. The summed E-state index contributed by atoms with van der Waals surface area (Å²) in [7, 11) is 0. The van der Waals surface area contributed by atoms with E-state index in [1.54, 1.807) is 0 Å². The van der Waals surface area contributed by atoms with Crippen LogP contribution in [0.2, 0.25) is 0 Å². The third-order valence-corrected chi connectivity index (χ3v) is 5.15. The van der Waals surface area contributed by atoms with Crippen LogP contribution in [0.4, 0.5) is 13.2 Å². The average Bonchev–Trinajstić information content (AvgIpc) is 2.58. The maximum Gasteiger partial charge on any atom is 0.490 e. The molecule has 2 rings (SSSR count). The summed E-state index contributed by atoms with van der Waals surface area (Å²) in [4.78, 5) is 34.0. The van der Waals surface area contributed by atoms with Crippen molar-refractivity contribution in [1.82, 2.24) is 16.0 Å². The topological polar surface area (TPSA) is 117 Å². The Morgan fingerprint density at radius 3 is 2.23 bits per heavy atom. The zero-order valence-electron chi connectivity index (χ0n) is 18.3. The van der Waals surface area contributed by atoms with Crippen molar-refractivity contribution in [2.45, 2.75) is 46.3 Å². The van der Waals surface area contributed by atoms with Crippen molar-refractivity contribution in [3.05, 3.63) is 12.2 Å². The summed E-state index contributed by atoms with van der Waals surface area (Å²) in [6.45, 7) is 10.7. The molecule has 2 amide bonds. The first-order valence-corrected chi connectivity index (χ1v) is 10.0. The first kappa shape index (κ1) is 26.9. The van der Waals surface area contributed by atoms with E-state index >= 15 is 0 Å². The van der Waals surface area contributed by atoms with E-state index in [-0.39, 0.29) is 34.6 Å². The van der Waals surface area contributed by atoms with Gasteiger partial charge in [0.1, 0.15) is 0 Å². The van der Waals surface area contributed by atoms with Crippen LogP contribution in [-0.2, 0) is 19.1 Å². The Bertz CT molecular complexity index is 670. The summed E-state index contributed by atoms with van der Waals surface area (Å²) in [6.07, 6.45) is -0.417. The number of carboxylic acid groups (broad SMARTS) is 1. The van der Waals surface area contributed by atoms with E-state index in [1.807, 2.05) is 39.8 Å². The van der Waals surface area contributed by atoms with E-state index in [2.05, 4.69) is 16.0 Å². The maximum absolute atomic E-state index is 12.6. The Labute approximate surface area is 180 Å². The van der Waals surface area contributed by atoms with Gasteiger partial charge in [0.2, 0.25) is 11.8 Å². The summed E-state index contributed by atoms with van der Waals surface area (Å²) in [6, 6.07) is -0.104. The molecule has 1 spiro atoms. The van der Waals surface area contributed by atoms with Gasteiger partial charge in [-0.1, -0.05) is 32.9 Å². The van der Waals surface area contributed by atoms with Crippen LogP contribution >= 0.6 is 0 Å². The number of alkyl halides is 3. The fourth-order valence-corrected chi connectivity index (χ4v) is 2.98. The lowest BCUT2D eigenvalue weighted by atomic mass is 9.77. The Balaban J connectivity index is 0.000000592. The van der Waals surface area contributed by atoms with Gasteiger partial charge in [0, 0.05) is 25.7 Å². The molecule has 1 saturated heterocycles. The number of carbonyl (C=O) groups excluding carboxylic acids is 2. The number of halogens is 3. The number of allylic oxidation sites excluding steroid dienone is 1. The number of carboxylic acids is 1. The van der Waals surface area contributed by atoms with Crippen LogP contribution in [0.5, 0.6) is 0 Å². The molecule has 178 valence electrons. The minimum Gasteiger partial charge on any atom is -0.475 e. The van der Waals surface area contributed by atoms with Crippen LogP contribution < -0.4 is 16.0 Å². The van der Waals surface area contributed by atoms with Crippen LogP contribution in [0.25, 0.3) is 0 Å². The number of aliphatic carboxylic acids is 1. The van der Waals surface area contributed by atoms with Crippen molar-refractivity contribution in [2.75, 3.05) is 32.8 Å². The quantitative estimate of drug-likeness (QED) is 0.415. The largest absolute Gasteiger partial charge is 0.490 e. The molecule has 2 atom stereocenters. The van der Waals surface area contributed by atoms with Gasteiger partial charge < -0.3 is 25.8 Å². The Morgan fingerprint density at radius 2 is 1.77 bits per heavy atom. The van der Waals surface area contributed by atoms with Gasteiger partial charge in [-0.2, -0.15) is 13.2 Å². The number of amides is 2. The van der Waals surface area contributed by atoms with Crippen LogP contribution in [-0.4, -0.2) is 68.0 Å². The number of ether oxygens (including phenoxy) is 1. The van der Waals surface area contributed by atoms with Gasteiger partial charge in [-0.15, -0.1) is 0 Å². The predicted molar refractivity (Wildman–Crippen MR) is 107 cm³/mol. The molecule has 0 saturated carbocycles. The standard InChI is InChI=1S/C18H31N3O3.C2HF3O2/c1-13-9-20-15(22)14(17(2,3)4)10-24-8-6-5-7-18(11-19-12-18)16(23)21-13;3-2(4,5)1(6)7/h5-6,13-14,19H,7-12H2,1-4H3,(H,20,22)(H,21,23);(H,6,7)/b6-5-;/t13-,14?;/m1./s1. The van der Waals surface area contributed by atoms with Gasteiger partial charge in [0.15, 0.2) is 0 Å². The lowest BCUT2D eigenvalue weighted by molar-refractivity contribution is -0.192. The molecule has 2 heterocycles. The van der Waals surface area contributed by atoms with Gasteiger partial charge in [-0.05, 0) is 18.8 Å². The molecule has 0 aliphatic carbocycles. The van der Waals surface area contributed by atoms with Gasteiger partial charge >= 0.3 is 12.1 Å². The normalized spacial score (nSPS) is 26.3. The second-order valence-corrected chi connectivity index (χ2v) is 8.94. The molecule has 11 heteroatoms. The Morgan fingerprint density at radius 1 is 1.19 bits per heavy atom. The third kappa shape index (κ3) is 8.48. The minimum atomic E-state index is -5.08. The summed E-state index contributed by atoms with van der Waals surface area (Å²) in [5.74, 6) is -2.95. The number of carbonyl (C=O) groups is 3. The van der Waals surface area contributed by atoms with Gasteiger partial charge in [0.25, 0.3) is 0 Å². The highest BCUT2D eigenvalue weighted by Crippen LogP contribution is 2.29. The summed E-state index contributed by atoms with van der Waals surface area (Å²) in [5.41, 5.74) is -0.550. The van der Waals surface area contributed by atoms with Gasteiger partial charge in [-0.3, -0.25) is 9.59 Å². The van der Waals surface area contributed by atoms with Crippen molar-refractivity contribution in [3.8, 4) is 0 Å². The molecule has 0 aromatic carbocycles. The van der Waals surface area contributed by atoms with E-state index in [9.17, 15) is 22.8 Å². The number of rotatable bonds is 0. The average molecular weight is 451 g/mol. The Hall–Kier alpha value is -2.14. The second kappa shape index (κ2) is 10.9. The summed E-state index contributed by atoms with van der Waals surface area (Å²) >= 11 is 0. The zero-order valence-corrected chi connectivity index (χ0v) is 18.3. The van der Waals surface area contributed by atoms with Crippen molar-refractivity contribution in [2.24, 2.45) is 16.7 Å². The highest BCUT2D eigenvalue weighted by molar-refractivity contribution is 5.85. The van der Waals surface area contributed by atoms with Crippen molar-refractivity contribution in [3.63, 3.8) is 0 Å². The molecule has 0 radical (unpaired) electrons. The minimum absolute atomic E-state index is 0.0235. The van der Waals surface area contributed by atoms with Gasteiger partial charge in [-0.25, -0.2) is 4.79 Å². The molecular formula is C20H32F3N3O5. The third-order valence-electron chi connectivity index (χ3n) is 5.15. The van der Waals surface area contributed by atoms with E-state index in [0.29, 0.717) is 39.3 Å². The molecule has 2 aliphatic heterocycles. The van der Waals surface area contributed by atoms with Crippen molar-refractivity contribution < 1.29 is 37.4 Å². The lowest BCUT2D eigenvalue weighted by Crippen LogP contribution is -2.62. The first-order valence-electron chi connectivity index (χ1n) is 10.0. The monoisotopic (exact) mass is 451 g/mol. The Kier molecular flexibility index (Phi) is 9.49. The fraction of sp³-hybridized carbons (Fsp3) is 0.750. The van der Waals surface area contributed by atoms with Crippen molar-refractivity contribution in [1.29, 1.82) is 0 Å². The molecule has 0 bridgehead atoms. The molecule has 0 aromatic rings. The molecule has 1 fully saturated rings. The molecule has 8 nitrogen and oxygen atoms in total. The van der Waals surface area contributed by atoms with Crippen LogP contribution in [0, 0.1) is 16.7 Å². The van der Waals surface area contributed by atoms with E-state index in [1.165, 1.54) is 0 Å². The maximum atomic E-state index is 12.6. The van der Waals surface area contributed by atoms with Crippen LogP contribution in [0.3, 0.4) is 0 Å². The van der Waals surface area contributed by atoms with E-state index in [0.717, 1.165) is 0 Å². The van der Waals surface area contributed by atoms with E-state index < -0.39 is 12.1 Å². The van der Waals surface area contributed by atoms with Crippen LogP contribution in [0.1, 0.15) is 34.1 Å². The number of nitrogens with one attached hydrogen (secondary N) is 3. The molecule has 31 heavy (non-hydrogen) atoms. The number of hydrogen-bond donors (Lipinski definition) is 4.